The van der Waals surface area contributed by atoms with Crippen LogP contribution in [-0.2, 0) is 9.47 Å². The van der Waals surface area contributed by atoms with E-state index < -0.39 is 0 Å². The maximum atomic E-state index is 6.00. The lowest BCUT2D eigenvalue weighted by Gasteiger charge is -2.21. The Kier molecular flexibility index (Phi) is 1.48. The highest BCUT2D eigenvalue weighted by Crippen LogP contribution is 2.56. The molecule has 0 saturated carbocycles. The predicted octanol–water partition coefficient (Wildman–Crippen LogP) is 3.67. The molecule has 90 valence electrons. The van der Waals surface area contributed by atoms with E-state index in [0.29, 0.717) is 0 Å². The quantitative estimate of drug-likeness (QED) is 0.642. The van der Waals surface area contributed by atoms with Crippen molar-refractivity contribution < 1.29 is 9.47 Å². The molecule has 4 bridgehead atoms. The fraction of sp³-hybridized carbons (Fsp3) is 0.375. The molecule has 2 heteroatoms. The summed E-state index contributed by atoms with van der Waals surface area (Å²) >= 11 is 0. The maximum absolute atomic E-state index is 6.00. The van der Waals surface area contributed by atoms with Gasteiger partial charge >= 0.3 is 0 Å². The molecule has 0 spiro atoms. The van der Waals surface area contributed by atoms with Crippen LogP contribution in [0.4, 0.5) is 0 Å². The molecule has 0 N–H and O–H groups in total. The normalized spacial score (nSPS) is 36.6. The van der Waals surface area contributed by atoms with E-state index in [4.69, 9.17) is 9.47 Å². The summed E-state index contributed by atoms with van der Waals surface area (Å²) in [6.45, 7) is 4.46. The van der Waals surface area contributed by atoms with Crippen molar-refractivity contribution in [1.29, 1.82) is 0 Å². The minimum absolute atomic E-state index is 0.178. The molecular formula is C16H14O2. The van der Waals surface area contributed by atoms with Gasteiger partial charge in [-0.2, -0.15) is 0 Å². The van der Waals surface area contributed by atoms with Crippen LogP contribution >= 0.6 is 0 Å². The molecule has 1 aromatic carbocycles. The average molecular weight is 238 g/mol. The van der Waals surface area contributed by atoms with Gasteiger partial charge in [0.2, 0.25) is 0 Å². The predicted molar refractivity (Wildman–Crippen MR) is 67.3 cm³/mol. The monoisotopic (exact) mass is 238 g/mol. The van der Waals surface area contributed by atoms with Crippen molar-refractivity contribution in [2.75, 3.05) is 0 Å². The van der Waals surface area contributed by atoms with Crippen LogP contribution in [0.5, 0.6) is 0 Å². The van der Waals surface area contributed by atoms with Crippen molar-refractivity contribution in [2.24, 2.45) is 0 Å². The molecule has 0 unspecified atom stereocenters. The van der Waals surface area contributed by atoms with Gasteiger partial charge in [0.1, 0.15) is 24.4 Å². The first-order valence-corrected chi connectivity index (χ1v) is 6.60. The molecular weight excluding hydrogens is 224 g/mol. The van der Waals surface area contributed by atoms with Gasteiger partial charge in [-0.25, -0.2) is 0 Å². The topological polar surface area (TPSA) is 18.5 Å². The Morgan fingerprint density at radius 3 is 1.17 bits per heavy atom. The van der Waals surface area contributed by atoms with Crippen LogP contribution in [-0.4, -0.2) is 0 Å². The number of hydrogen-bond donors (Lipinski definition) is 0. The van der Waals surface area contributed by atoms with Gasteiger partial charge in [0, 0.05) is 0 Å². The highest BCUT2D eigenvalue weighted by Gasteiger charge is 2.44. The second kappa shape index (κ2) is 2.79. The minimum atomic E-state index is 0.178. The molecule has 4 atom stereocenters. The first-order chi connectivity index (χ1) is 8.75. The Bertz CT molecular complexity index is 548. The standard InChI is InChI=1S/C16H14O2/c1-7-13-9-3-5-11(17-9)15(13)8(2)16-12-6-4-10(18-12)14(7)16/h3-6,9-12H,1-2H3/t9-,10-,11-,12-/m1/s1. The molecule has 4 heterocycles. The van der Waals surface area contributed by atoms with E-state index in [1.54, 1.807) is 0 Å². The summed E-state index contributed by atoms with van der Waals surface area (Å²) in [5.41, 5.74) is 8.40. The molecule has 18 heavy (non-hydrogen) atoms. The molecule has 0 aliphatic carbocycles. The van der Waals surface area contributed by atoms with E-state index in [1.165, 1.54) is 33.4 Å². The molecule has 0 amide bonds. The third-order valence-corrected chi connectivity index (χ3v) is 4.84. The zero-order valence-corrected chi connectivity index (χ0v) is 10.4. The van der Waals surface area contributed by atoms with Crippen LogP contribution < -0.4 is 0 Å². The van der Waals surface area contributed by atoms with Crippen LogP contribution in [0.25, 0.3) is 0 Å². The third kappa shape index (κ3) is 0.846. The Morgan fingerprint density at radius 2 is 0.889 bits per heavy atom. The molecule has 1 aromatic rings. The van der Waals surface area contributed by atoms with E-state index in [0.717, 1.165) is 0 Å². The summed E-state index contributed by atoms with van der Waals surface area (Å²) in [5.74, 6) is 0. The molecule has 4 aliphatic rings. The van der Waals surface area contributed by atoms with Crippen LogP contribution in [0.1, 0.15) is 57.8 Å². The fourth-order valence-corrected chi connectivity index (χ4v) is 4.12. The summed E-state index contributed by atoms with van der Waals surface area (Å²) in [5, 5.41) is 0. The highest BCUT2D eigenvalue weighted by molar-refractivity contribution is 5.62. The fourth-order valence-electron chi connectivity index (χ4n) is 4.12. The number of benzene rings is 1. The number of fused-ring (bicyclic) bond motifs is 10. The van der Waals surface area contributed by atoms with Gasteiger partial charge in [-0.1, -0.05) is 24.3 Å². The van der Waals surface area contributed by atoms with Crippen molar-refractivity contribution in [1.82, 2.24) is 0 Å². The summed E-state index contributed by atoms with van der Waals surface area (Å²) in [7, 11) is 0. The van der Waals surface area contributed by atoms with Crippen molar-refractivity contribution in [3.8, 4) is 0 Å². The number of rotatable bonds is 0. The molecule has 0 aromatic heterocycles. The van der Waals surface area contributed by atoms with Gasteiger partial charge in [0.25, 0.3) is 0 Å². The lowest BCUT2D eigenvalue weighted by atomic mass is 9.80. The molecule has 4 aliphatic heterocycles. The zero-order valence-electron chi connectivity index (χ0n) is 10.4. The molecule has 0 saturated heterocycles. The van der Waals surface area contributed by atoms with Crippen molar-refractivity contribution >= 4 is 0 Å². The highest BCUT2D eigenvalue weighted by atomic mass is 16.5. The number of ether oxygens (including phenoxy) is 2. The van der Waals surface area contributed by atoms with Gasteiger partial charge in [0.05, 0.1) is 0 Å². The summed E-state index contributed by atoms with van der Waals surface area (Å²) in [6, 6.07) is 0. The first-order valence-electron chi connectivity index (χ1n) is 6.60. The van der Waals surface area contributed by atoms with Gasteiger partial charge in [-0.3, -0.25) is 0 Å². The van der Waals surface area contributed by atoms with E-state index in [2.05, 4.69) is 38.2 Å². The third-order valence-electron chi connectivity index (χ3n) is 4.84. The van der Waals surface area contributed by atoms with Crippen LogP contribution in [0, 0.1) is 13.8 Å². The SMILES string of the molecule is Cc1c2c(c(C)c3c1[C@H]1C=C[C@H]3O1)[C@H]1C=C[C@H]2O1. The summed E-state index contributed by atoms with van der Waals surface area (Å²) in [4.78, 5) is 0. The average Bonchev–Trinajstić information content (AvgIpc) is 3.10. The van der Waals surface area contributed by atoms with Crippen molar-refractivity contribution in [3.05, 3.63) is 57.7 Å². The Hall–Kier alpha value is -1.38. The second-order valence-corrected chi connectivity index (χ2v) is 5.63. The van der Waals surface area contributed by atoms with Crippen LogP contribution in [0.2, 0.25) is 0 Å². The largest absolute Gasteiger partial charge is 0.357 e. The van der Waals surface area contributed by atoms with Gasteiger partial charge in [-0.15, -0.1) is 0 Å². The Morgan fingerprint density at radius 1 is 0.611 bits per heavy atom. The number of hydrogen-bond acceptors (Lipinski definition) is 2. The second-order valence-electron chi connectivity index (χ2n) is 5.63. The van der Waals surface area contributed by atoms with E-state index in [1.807, 2.05) is 0 Å². The first kappa shape index (κ1) is 9.54. The van der Waals surface area contributed by atoms with Crippen LogP contribution in [0.15, 0.2) is 24.3 Å². The van der Waals surface area contributed by atoms with E-state index in [-0.39, 0.29) is 24.4 Å². The van der Waals surface area contributed by atoms with Crippen molar-refractivity contribution in [3.63, 3.8) is 0 Å². The molecule has 2 nitrogen and oxygen atoms in total. The lowest BCUT2D eigenvalue weighted by molar-refractivity contribution is 0.0832. The van der Waals surface area contributed by atoms with Crippen molar-refractivity contribution in [2.45, 2.75) is 38.3 Å². The summed E-state index contributed by atoms with van der Waals surface area (Å²) < 4.78 is 12.0. The van der Waals surface area contributed by atoms with Crippen LogP contribution in [0.3, 0.4) is 0 Å². The van der Waals surface area contributed by atoms with E-state index >= 15 is 0 Å². The molecule has 5 rings (SSSR count). The van der Waals surface area contributed by atoms with Gasteiger partial charge in [0.15, 0.2) is 0 Å². The molecule has 0 fully saturated rings. The van der Waals surface area contributed by atoms with E-state index in [9.17, 15) is 0 Å². The smallest absolute Gasteiger partial charge is 0.103 e. The Labute approximate surface area is 106 Å². The van der Waals surface area contributed by atoms with Gasteiger partial charge in [-0.05, 0) is 47.2 Å². The Balaban J connectivity index is 1.90. The zero-order chi connectivity index (χ0) is 12.0. The van der Waals surface area contributed by atoms with Gasteiger partial charge < -0.3 is 9.47 Å². The summed E-state index contributed by atoms with van der Waals surface area (Å²) in [6.07, 6.45) is 9.47. The molecule has 0 radical (unpaired) electrons. The maximum Gasteiger partial charge on any atom is 0.103 e. The lowest BCUT2D eigenvalue weighted by Crippen LogP contribution is -2.08. The minimum Gasteiger partial charge on any atom is -0.357 e.